The molecule has 0 aliphatic heterocycles. The van der Waals surface area contributed by atoms with Gasteiger partial charge in [0.15, 0.2) is 0 Å². The summed E-state index contributed by atoms with van der Waals surface area (Å²) in [5, 5.41) is 0. The highest BCUT2D eigenvalue weighted by molar-refractivity contribution is 6.76. The van der Waals surface area contributed by atoms with Gasteiger partial charge in [-0.25, -0.2) is 4.98 Å². The molecule has 0 N–H and O–H groups in total. The van der Waals surface area contributed by atoms with Crippen LogP contribution in [0.4, 0.5) is 0 Å². The lowest BCUT2D eigenvalue weighted by Gasteiger charge is -2.15. The van der Waals surface area contributed by atoms with Crippen molar-refractivity contribution in [3.05, 3.63) is 18.7 Å². The van der Waals surface area contributed by atoms with E-state index >= 15 is 0 Å². The van der Waals surface area contributed by atoms with Gasteiger partial charge in [0.1, 0.15) is 12.9 Å². The first-order valence-electron chi connectivity index (χ1n) is 4.19. The van der Waals surface area contributed by atoms with E-state index in [9.17, 15) is 0 Å². The lowest BCUT2D eigenvalue weighted by molar-refractivity contribution is 0.121. The van der Waals surface area contributed by atoms with E-state index in [-0.39, 0.29) is 0 Å². The summed E-state index contributed by atoms with van der Waals surface area (Å²) in [6, 6.07) is 1.19. The van der Waals surface area contributed by atoms with E-state index < -0.39 is 8.07 Å². The average Bonchev–Trinajstić information content (AvgIpc) is 2.36. The van der Waals surface area contributed by atoms with Gasteiger partial charge in [-0.2, -0.15) is 4.73 Å². The van der Waals surface area contributed by atoms with Crippen LogP contribution in [0.2, 0.25) is 25.7 Å². The topological polar surface area (TPSA) is 27.1 Å². The molecule has 0 aliphatic rings. The maximum Gasteiger partial charge on any atom is 0.131 e. The fourth-order valence-electron chi connectivity index (χ4n) is 0.780. The Balaban J connectivity index is 2.20. The van der Waals surface area contributed by atoms with Gasteiger partial charge >= 0.3 is 0 Å². The molecule has 0 radical (unpaired) electrons. The van der Waals surface area contributed by atoms with Crippen molar-refractivity contribution in [2.75, 3.05) is 6.61 Å². The van der Waals surface area contributed by atoms with Gasteiger partial charge in [0.05, 0.1) is 6.20 Å². The second-order valence-electron chi connectivity index (χ2n) is 4.07. The van der Waals surface area contributed by atoms with Crippen LogP contribution in [-0.4, -0.2) is 24.4 Å². The minimum Gasteiger partial charge on any atom is -0.413 e. The van der Waals surface area contributed by atoms with Gasteiger partial charge in [0.2, 0.25) is 0 Å². The van der Waals surface area contributed by atoms with Gasteiger partial charge in [-0.1, -0.05) is 19.6 Å². The standard InChI is InChI=1S/C8H16N2OSi/c1-12(2,3)7-6-11-10-5-4-9-8-10/h4-5,8H,6-7H2,1-3H3. The van der Waals surface area contributed by atoms with Crippen LogP contribution in [0.5, 0.6) is 0 Å². The molecule has 0 bridgehead atoms. The van der Waals surface area contributed by atoms with Crippen molar-refractivity contribution in [3.63, 3.8) is 0 Å². The van der Waals surface area contributed by atoms with E-state index in [1.54, 1.807) is 17.3 Å². The zero-order valence-corrected chi connectivity index (χ0v) is 8.95. The quantitative estimate of drug-likeness (QED) is 0.665. The van der Waals surface area contributed by atoms with Crippen molar-refractivity contribution in [2.24, 2.45) is 0 Å². The molecule has 0 unspecified atom stereocenters. The molecule has 1 aromatic rings. The minimum atomic E-state index is -0.949. The first-order chi connectivity index (χ1) is 5.58. The molecule has 1 heterocycles. The number of hydrogen-bond donors (Lipinski definition) is 0. The molecule has 4 heteroatoms. The first-order valence-corrected chi connectivity index (χ1v) is 7.90. The molecule has 0 spiro atoms. The Kier molecular flexibility index (Phi) is 2.92. The molecule has 0 fully saturated rings. The van der Waals surface area contributed by atoms with Gasteiger partial charge in [0, 0.05) is 14.3 Å². The SMILES string of the molecule is C[Si](C)(C)CCOn1ccnc1. The monoisotopic (exact) mass is 184 g/mol. The maximum atomic E-state index is 5.41. The van der Waals surface area contributed by atoms with E-state index in [0.717, 1.165) is 6.61 Å². The molecular formula is C8H16N2OSi. The Hall–Kier alpha value is -0.773. The number of nitrogens with zero attached hydrogens (tertiary/aromatic N) is 2. The Bertz CT molecular complexity index is 215. The van der Waals surface area contributed by atoms with Crippen molar-refractivity contribution in [2.45, 2.75) is 25.7 Å². The second-order valence-corrected chi connectivity index (χ2v) is 9.69. The van der Waals surface area contributed by atoms with E-state index in [4.69, 9.17) is 4.84 Å². The van der Waals surface area contributed by atoms with Crippen LogP contribution in [0.25, 0.3) is 0 Å². The Morgan fingerprint density at radius 1 is 1.42 bits per heavy atom. The van der Waals surface area contributed by atoms with Crippen LogP contribution in [0, 0.1) is 0 Å². The summed E-state index contributed by atoms with van der Waals surface area (Å²) >= 11 is 0. The zero-order valence-electron chi connectivity index (χ0n) is 7.95. The predicted molar refractivity (Wildman–Crippen MR) is 51.8 cm³/mol. The molecule has 0 atom stereocenters. The van der Waals surface area contributed by atoms with Crippen molar-refractivity contribution in [3.8, 4) is 0 Å². The number of imidazole rings is 1. The highest BCUT2D eigenvalue weighted by Gasteiger charge is 2.12. The lowest BCUT2D eigenvalue weighted by Crippen LogP contribution is -2.24. The zero-order chi connectivity index (χ0) is 9.03. The van der Waals surface area contributed by atoms with Crippen molar-refractivity contribution in [1.29, 1.82) is 0 Å². The Morgan fingerprint density at radius 2 is 2.17 bits per heavy atom. The normalized spacial score (nSPS) is 11.6. The summed E-state index contributed by atoms with van der Waals surface area (Å²) in [4.78, 5) is 9.30. The first kappa shape index (κ1) is 9.32. The number of aromatic nitrogens is 2. The molecule has 0 amide bonds. The smallest absolute Gasteiger partial charge is 0.131 e. The van der Waals surface area contributed by atoms with Gasteiger partial charge in [-0.3, -0.25) is 0 Å². The predicted octanol–water partition coefficient (Wildman–Crippen LogP) is 1.65. The van der Waals surface area contributed by atoms with E-state index in [1.165, 1.54) is 6.04 Å². The van der Waals surface area contributed by atoms with Crippen molar-refractivity contribution >= 4 is 8.07 Å². The summed E-state index contributed by atoms with van der Waals surface area (Å²) in [5.41, 5.74) is 0. The third kappa shape index (κ3) is 3.57. The Morgan fingerprint density at radius 3 is 2.67 bits per heavy atom. The molecule has 1 aromatic heterocycles. The minimum absolute atomic E-state index is 0.798. The molecule has 0 saturated carbocycles. The summed E-state index contributed by atoms with van der Waals surface area (Å²) in [5.74, 6) is 0. The molecule has 12 heavy (non-hydrogen) atoms. The molecule has 1 rings (SSSR count). The van der Waals surface area contributed by atoms with Gasteiger partial charge in [0.25, 0.3) is 0 Å². The Labute approximate surface area is 74.3 Å². The van der Waals surface area contributed by atoms with Crippen LogP contribution >= 0.6 is 0 Å². The van der Waals surface area contributed by atoms with E-state index in [2.05, 4.69) is 24.6 Å². The number of hydrogen-bond acceptors (Lipinski definition) is 2. The largest absolute Gasteiger partial charge is 0.413 e. The lowest BCUT2D eigenvalue weighted by atomic mass is 10.9. The van der Waals surface area contributed by atoms with Gasteiger partial charge in [-0.05, 0) is 6.04 Å². The fourth-order valence-corrected chi connectivity index (χ4v) is 1.48. The molecular weight excluding hydrogens is 168 g/mol. The van der Waals surface area contributed by atoms with Crippen molar-refractivity contribution in [1.82, 2.24) is 9.71 Å². The van der Waals surface area contributed by atoms with Crippen LogP contribution < -0.4 is 4.84 Å². The summed E-state index contributed by atoms with van der Waals surface area (Å²) in [6.45, 7) is 7.81. The third-order valence-electron chi connectivity index (χ3n) is 1.57. The summed E-state index contributed by atoms with van der Waals surface area (Å²) in [6.07, 6.45) is 5.20. The van der Waals surface area contributed by atoms with Gasteiger partial charge in [-0.15, -0.1) is 0 Å². The van der Waals surface area contributed by atoms with Crippen LogP contribution in [0.3, 0.4) is 0 Å². The van der Waals surface area contributed by atoms with Crippen molar-refractivity contribution < 1.29 is 4.84 Å². The fraction of sp³-hybridized carbons (Fsp3) is 0.625. The maximum absolute atomic E-state index is 5.41. The highest BCUT2D eigenvalue weighted by atomic mass is 28.3. The third-order valence-corrected chi connectivity index (χ3v) is 3.28. The van der Waals surface area contributed by atoms with E-state index in [0.29, 0.717) is 0 Å². The molecule has 0 saturated heterocycles. The summed E-state index contributed by atoms with van der Waals surface area (Å²) < 4.78 is 1.65. The summed E-state index contributed by atoms with van der Waals surface area (Å²) in [7, 11) is -0.949. The molecule has 0 aliphatic carbocycles. The van der Waals surface area contributed by atoms with Gasteiger partial charge < -0.3 is 4.84 Å². The molecule has 3 nitrogen and oxygen atoms in total. The highest BCUT2D eigenvalue weighted by Crippen LogP contribution is 2.06. The van der Waals surface area contributed by atoms with Crippen LogP contribution in [0.1, 0.15) is 0 Å². The van der Waals surface area contributed by atoms with Crippen LogP contribution in [-0.2, 0) is 0 Å². The molecule has 68 valence electrons. The average molecular weight is 184 g/mol. The number of rotatable bonds is 4. The molecule has 0 aromatic carbocycles. The van der Waals surface area contributed by atoms with Crippen LogP contribution in [0.15, 0.2) is 18.7 Å². The van der Waals surface area contributed by atoms with E-state index in [1.807, 2.05) is 6.20 Å². The second kappa shape index (κ2) is 3.76.